The number of benzene rings is 4. The lowest BCUT2D eigenvalue weighted by molar-refractivity contribution is -0.274. The van der Waals surface area contributed by atoms with Crippen molar-refractivity contribution in [3.05, 3.63) is 108 Å². The molecule has 1 unspecified atom stereocenters. The average Bonchev–Trinajstić information content (AvgIpc) is 3.15. The standard InChI is InChI=1S/C32H31F3N4O4S/c33-32(34,35)43-25-15-17-26(18-16-25)44(41,42)37-27-19-38(24-13-11-23(36)12-14-24)20-30(31(27)40)39-28-7-3-1-5-21(28)9-10-22-6-2-4-8-29(22)39/h1-8,11-18,27,30-31,37,40H,9-10,19-20,36H2/t27-,30?,31+/m1/s1. The zero-order valence-electron chi connectivity index (χ0n) is 23.5. The SMILES string of the molecule is Nc1ccc(N2CC(N3c4ccccc4CCc4ccccc43)[C@@H](O)[C@H](NS(=O)(=O)c3ccc(OC(F)(F)F)cc3)C2)cc1. The molecule has 4 aromatic carbocycles. The third-order valence-electron chi connectivity index (χ3n) is 8.06. The van der Waals surface area contributed by atoms with E-state index >= 15 is 0 Å². The Labute approximate surface area is 253 Å². The van der Waals surface area contributed by atoms with E-state index in [1.54, 1.807) is 12.1 Å². The van der Waals surface area contributed by atoms with Crippen LogP contribution in [0.3, 0.4) is 0 Å². The molecule has 44 heavy (non-hydrogen) atoms. The van der Waals surface area contributed by atoms with E-state index < -0.39 is 40.3 Å². The van der Waals surface area contributed by atoms with Crippen LogP contribution in [0, 0.1) is 0 Å². The largest absolute Gasteiger partial charge is 0.573 e. The fourth-order valence-electron chi connectivity index (χ4n) is 6.02. The molecule has 1 fully saturated rings. The molecular weight excluding hydrogens is 593 g/mol. The number of piperidine rings is 1. The maximum Gasteiger partial charge on any atom is 0.573 e. The van der Waals surface area contributed by atoms with E-state index in [1.807, 2.05) is 53.4 Å². The Hall–Kier alpha value is -4.26. The first kappa shape index (κ1) is 29.8. The lowest BCUT2D eigenvalue weighted by atomic mass is 9.94. The van der Waals surface area contributed by atoms with Gasteiger partial charge in [0.1, 0.15) is 5.75 Å². The predicted octanol–water partition coefficient (Wildman–Crippen LogP) is 5.00. The van der Waals surface area contributed by atoms with Crippen LogP contribution < -0.4 is 25.0 Å². The third kappa shape index (κ3) is 6.19. The van der Waals surface area contributed by atoms with Gasteiger partial charge in [-0.2, -0.15) is 0 Å². The van der Waals surface area contributed by atoms with Crippen LogP contribution in [-0.2, 0) is 22.9 Å². The second kappa shape index (κ2) is 11.7. The Morgan fingerprint density at radius 3 is 1.95 bits per heavy atom. The summed E-state index contributed by atoms with van der Waals surface area (Å²) in [5.41, 5.74) is 11.4. The summed E-state index contributed by atoms with van der Waals surface area (Å²) in [7, 11) is -4.26. The summed E-state index contributed by atoms with van der Waals surface area (Å²) in [5.74, 6) is -0.540. The number of hydrogen-bond donors (Lipinski definition) is 3. The quantitative estimate of drug-likeness (QED) is 0.259. The summed E-state index contributed by atoms with van der Waals surface area (Å²) in [6, 6.07) is 25.6. The molecule has 1 saturated heterocycles. The summed E-state index contributed by atoms with van der Waals surface area (Å²) < 4.78 is 71.5. The maximum atomic E-state index is 13.5. The van der Waals surface area contributed by atoms with Crippen molar-refractivity contribution in [2.45, 2.75) is 42.3 Å². The van der Waals surface area contributed by atoms with Crippen LogP contribution in [-0.4, -0.2) is 51.2 Å². The minimum absolute atomic E-state index is 0.132. The van der Waals surface area contributed by atoms with E-state index in [4.69, 9.17) is 5.73 Å². The molecular formula is C32H31F3N4O4S. The Kier molecular flexibility index (Phi) is 7.91. The molecule has 0 saturated carbocycles. The molecule has 0 bridgehead atoms. The van der Waals surface area contributed by atoms with Crippen LogP contribution in [0.1, 0.15) is 11.1 Å². The van der Waals surface area contributed by atoms with Gasteiger partial charge >= 0.3 is 6.36 Å². The summed E-state index contributed by atoms with van der Waals surface area (Å²) >= 11 is 0. The Balaban J connectivity index is 1.38. The Morgan fingerprint density at radius 2 is 1.39 bits per heavy atom. The first-order valence-electron chi connectivity index (χ1n) is 14.1. The monoisotopic (exact) mass is 624 g/mol. The molecule has 0 radical (unpaired) electrons. The summed E-state index contributed by atoms with van der Waals surface area (Å²) in [6.45, 7) is 0.503. The summed E-state index contributed by atoms with van der Waals surface area (Å²) in [6.07, 6.45) is -4.46. The molecule has 8 nitrogen and oxygen atoms in total. The number of fused-ring (bicyclic) bond motifs is 2. The number of aliphatic hydroxyl groups excluding tert-OH is 1. The van der Waals surface area contributed by atoms with Crippen molar-refractivity contribution in [3.63, 3.8) is 0 Å². The number of nitrogen functional groups attached to an aromatic ring is 1. The number of aryl methyl sites for hydroxylation is 2. The molecule has 0 aromatic heterocycles. The van der Waals surface area contributed by atoms with Crippen LogP contribution in [0.15, 0.2) is 102 Å². The van der Waals surface area contributed by atoms with Gasteiger partial charge in [0.2, 0.25) is 10.0 Å². The highest BCUT2D eigenvalue weighted by atomic mass is 32.2. The second-order valence-electron chi connectivity index (χ2n) is 10.9. The van der Waals surface area contributed by atoms with Gasteiger partial charge in [-0.05, 0) is 84.6 Å². The number of anilines is 4. The molecule has 4 N–H and O–H groups in total. The number of ether oxygens (including phenoxy) is 1. The number of halogens is 3. The number of nitrogens with one attached hydrogen (secondary N) is 1. The van der Waals surface area contributed by atoms with Gasteiger partial charge in [0.05, 0.1) is 23.1 Å². The van der Waals surface area contributed by atoms with Crippen LogP contribution >= 0.6 is 0 Å². The molecule has 2 heterocycles. The van der Waals surface area contributed by atoms with E-state index in [-0.39, 0.29) is 11.4 Å². The number of hydrogen-bond acceptors (Lipinski definition) is 7. The molecule has 2 aliphatic rings. The van der Waals surface area contributed by atoms with E-state index in [9.17, 15) is 26.7 Å². The molecule has 2 aliphatic heterocycles. The number of rotatable bonds is 6. The number of nitrogens with two attached hydrogens (primary N) is 1. The fraction of sp³-hybridized carbons (Fsp3) is 0.250. The van der Waals surface area contributed by atoms with Gasteiger partial charge in [0, 0.05) is 35.8 Å². The normalized spacial score (nSPS) is 20.4. The second-order valence-corrected chi connectivity index (χ2v) is 12.6. The van der Waals surface area contributed by atoms with Crippen molar-refractivity contribution in [2.75, 3.05) is 28.6 Å². The minimum Gasteiger partial charge on any atom is -0.406 e. The van der Waals surface area contributed by atoms with E-state index in [2.05, 4.69) is 26.5 Å². The molecule has 4 aromatic rings. The van der Waals surface area contributed by atoms with E-state index in [1.165, 1.54) is 0 Å². The maximum absolute atomic E-state index is 13.5. The topological polar surface area (TPSA) is 108 Å². The molecule has 0 spiro atoms. The predicted molar refractivity (Wildman–Crippen MR) is 163 cm³/mol. The van der Waals surface area contributed by atoms with Gasteiger partial charge < -0.3 is 25.4 Å². The van der Waals surface area contributed by atoms with Crippen LogP contribution in [0.2, 0.25) is 0 Å². The molecule has 0 amide bonds. The van der Waals surface area contributed by atoms with Crippen molar-refractivity contribution in [3.8, 4) is 5.75 Å². The fourth-order valence-corrected chi connectivity index (χ4v) is 7.26. The zero-order valence-corrected chi connectivity index (χ0v) is 24.3. The van der Waals surface area contributed by atoms with Gasteiger partial charge in [-0.25, -0.2) is 13.1 Å². The average molecular weight is 625 g/mol. The van der Waals surface area contributed by atoms with Crippen molar-refractivity contribution >= 4 is 32.8 Å². The first-order valence-corrected chi connectivity index (χ1v) is 15.6. The summed E-state index contributed by atoms with van der Waals surface area (Å²) in [5, 5.41) is 12.0. The number of para-hydroxylation sites is 2. The molecule has 12 heteroatoms. The first-order chi connectivity index (χ1) is 21.0. The minimum atomic E-state index is -4.91. The van der Waals surface area contributed by atoms with E-state index in [0.29, 0.717) is 12.2 Å². The van der Waals surface area contributed by atoms with Gasteiger partial charge in [-0.3, -0.25) is 0 Å². The lowest BCUT2D eigenvalue weighted by Crippen LogP contribution is -2.65. The van der Waals surface area contributed by atoms with E-state index in [0.717, 1.165) is 65.3 Å². The number of alkyl halides is 3. The van der Waals surface area contributed by atoms with Gasteiger partial charge in [-0.15, -0.1) is 13.2 Å². The smallest absolute Gasteiger partial charge is 0.406 e. The highest BCUT2D eigenvalue weighted by Gasteiger charge is 2.43. The van der Waals surface area contributed by atoms with Gasteiger partial charge in [0.25, 0.3) is 0 Å². The summed E-state index contributed by atoms with van der Waals surface area (Å²) in [4.78, 5) is 3.85. The number of aliphatic hydroxyl groups is 1. The van der Waals surface area contributed by atoms with Crippen molar-refractivity contribution < 1.29 is 31.4 Å². The highest BCUT2D eigenvalue weighted by molar-refractivity contribution is 7.89. The highest BCUT2D eigenvalue weighted by Crippen LogP contribution is 2.40. The van der Waals surface area contributed by atoms with Crippen molar-refractivity contribution in [1.82, 2.24) is 4.72 Å². The van der Waals surface area contributed by atoms with Gasteiger partial charge in [-0.1, -0.05) is 36.4 Å². The number of sulfonamides is 1. The van der Waals surface area contributed by atoms with Crippen LogP contribution in [0.25, 0.3) is 0 Å². The lowest BCUT2D eigenvalue weighted by Gasteiger charge is -2.48. The van der Waals surface area contributed by atoms with Crippen molar-refractivity contribution in [1.29, 1.82) is 0 Å². The molecule has 230 valence electrons. The molecule has 3 atom stereocenters. The van der Waals surface area contributed by atoms with Gasteiger partial charge in [0.15, 0.2) is 0 Å². The Morgan fingerprint density at radius 1 is 0.818 bits per heavy atom. The molecule has 0 aliphatic carbocycles. The van der Waals surface area contributed by atoms with Crippen molar-refractivity contribution in [2.24, 2.45) is 0 Å². The number of nitrogens with zero attached hydrogens (tertiary/aromatic N) is 2. The third-order valence-corrected chi connectivity index (χ3v) is 9.57. The molecule has 6 rings (SSSR count). The van der Waals surface area contributed by atoms with Crippen LogP contribution in [0.5, 0.6) is 5.75 Å². The zero-order chi connectivity index (χ0) is 31.1. The van der Waals surface area contributed by atoms with Crippen LogP contribution in [0.4, 0.5) is 35.9 Å². The Bertz CT molecular complexity index is 1690.